The van der Waals surface area contributed by atoms with Gasteiger partial charge in [-0.15, -0.1) is 0 Å². The molecule has 2 atom stereocenters. The summed E-state index contributed by atoms with van der Waals surface area (Å²) in [7, 11) is 6.96. The lowest BCUT2D eigenvalue weighted by Gasteiger charge is -2.27. The van der Waals surface area contributed by atoms with Gasteiger partial charge in [-0.2, -0.15) is 0 Å². The van der Waals surface area contributed by atoms with E-state index in [-0.39, 0.29) is 6.04 Å². The number of methoxy groups -OCH3 is 3. The molecule has 1 aromatic rings. The summed E-state index contributed by atoms with van der Waals surface area (Å²) in [6.45, 7) is 2.30. The fraction of sp³-hybridized carbons (Fsp3) is 0.625. The molecule has 1 aromatic carbocycles. The van der Waals surface area contributed by atoms with Crippen LogP contribution in [0.15, 0.2) is 12.1 Å². The molecule has 20 heavy (non-hydrogen) atoms. The van der Waals surface area contributed by atoms with Gasteiger partial charge in [-0.1, -0.05) is 6.92 Å². The summed E-state index contributed by atoms with van der Waals surface area (Å²) in [5.41, 5.74) is 1.13. The summed E-state index contributed by atoms with van der Waals surface area (Å²) in [5.74, 6) is 3.51. The molecule has 1 aliphatic rings. The normalized spacial score (nSPS) is 17.4. The molecule has 0 amide bonds. The molecular formula is C16H25NO3. The first kappa shape index (κ1) is 15.0. The number of ether oxygens (including phenoxy) is 3. The summed E-state index contributed by atoms with van der Waals surface area (Å²) in [4.78, 5) is 0. The van der Waals surface area contributed by atoms with E-state index in [0.29, 0.717) is 17.4 Å². The monoisotopic (exact) mass is 279 g/mol. The van der Waals surface area contributed by atoms with Crippen molar-refractivity contribution in [2.24, 2.45) is 11.8 Å². The van der Waals surface area contributed by atoms with Gasteiger partial charge in [-0.05, 0) is 43.9 Å². The summed E-state index contributed by atoms with van der Waals surface area (Å²) in [5, 5.41) is 3.43. The first-order valence-corrected chi connectivity index (χ1v) is 7.14. The Morgan fingerprint density at radius 2 is 1.70 bits per heavy atom. The standard InChI is InChI=1S/C16H25NO3/c1-10(11-6-7-11)14(17-2)12-8-9-13(18-3)16(20-5)15(12)19-4/h8-11,14,17H,6-7H2,1-5H3. The van der Waals surface area contributed by atoms with Crippen LogP contribution in [0.25, 0.3) is 0 Å². The molecule has 1 fully saturated rings. The fourth-order valence-electron chi connectivity index (χ4n) is 2.97. The van der Waals surface area contributed by atoms with Gasteiger partial charge in [0.15, 0.2) is 11.5 Å². The quantitative estimate of drug-likeness (QED) is 0.833. The molecule has 1 N–H and O–H groups in total. The number of rotatable bonds is 7. The van der Waals surface area contributed by atoms with E-state index >= 15 is 0 Å². The van der Waals surface area contributed by atoms with Gasteiger partial charge < -0.3 is 19.5 Å². The van der Waals surface area contributed by atoms with Gasteiger partial charge in [0.25, 0.3) is 0 Å². The molecule has 0 aliphatic heterocycles. The van der Waals surface area contributed by atoms with Crippen molar-refractivity contribution in [2.75, 3.05) is 28.4 Å². The zero-order chi connectivity index (χ0) is 14.7. The Morgan fingerprint density at radius 3 is 2.15 bits per heavy atom. The zero-order valence-corrected chi connectivity index (χ0v) is 13.0. The van der Waals surface area contributed by atoms with Crippen LogP contribution in [0.3, 0.4) is 0 Å². The van der Waals surface area contributed by atoms with Crippen LogP contribution in [0.5, 0.6) is 17.2 Å². The lowest BCUT2D eigenvalue weighted by molar-refractivity contribution is 0.308. The Hall–Kier alpha value is -1.42. The van der Waals surface area contributed by atoms with Crippen molar-refractivity contribution in [3.8, 4) is 17.2 Å². The largest absolute Gasteiger partial charge is 0.493 e. The van der Waals surface area contributed by atoms with Gasteiger partial charge in [-0.3, -0.25) is 0 Å². The van der Waals surface area contributed by atoms with Crippen molar-refractivity contribution in [1.29, 1.82) is 0 Å². The van der Waals surface area contributed by atoms with Crippen molar-refractivity contribution in [3.63, 3.8) is 0 Å². The molecule has 2 unspecified atom stereocenters. The molecule has 0 bridgehead atoms. The van der Waals surface area contributed by atoms with E-state index in [1.54, 1.807) is 21.3 Å². The van der Waals surface area contributed by atoms with Gasteiger partial charge in [0.2, 0.25) is 5.75 Å². The number of hydrogen-bond acceptors (Lipinski definition) is 4. The molecule has 0 aromatic heterocycles. The lowest BCUT2D eigenvalue weighted by atomic mass is 9.90. The maximum atomic E-state index is 5.60. The predicted octanol–water partition coefficient (Wildman–Crippen LogP) is 3.02. The molecule has 1 saturated carbocycles. The van der Waals surface area contributed by atoms with E-state index in [1.165, 1.54) is 12.8 Å². The highest BCUT2D eigenvalue weighted by Crippen LogP contribution is 2.48. The molecule has 2 rings (SSSR count). The summed E-state index contributed by atoms with van der Waals surface area (Å²) in [6, 6.07) is 4.28. The Balaban J connectivity index is 2.43. The highest BCUT2D eigenvalue weighted by molar-refractivity contribution is 5.56. The number of nitrogens with one attached hydrogen (secondary N) is 1. The Labute approximate surface area is 121 Å². The third-order valence-electron chi connectivity index (χ3n) is 4.27. The van der Waals surface area contributed by atoms with E-state index in [0.717, 1.165) is 17.2 Å². The second kappa shape index (κ2) is 6.35. The topological polar surface area (TPSA) is 39.7 Å². The maximum absolute atomic E-state index is 5.60. The van der Waals surface area contributed by atoms with Crippen LogP contribution in [0, 0.1) is 11.8 Å². The van der Waals surface area contributed by atoms with E-state index in [1.807, 2.05) is 13.1 Å². The second-order valence-corrected chi connectivity index (χ2v) is 5.39. The van der Waals surface area contributed by atoms with Crippen molar-refractivity contribution in [2.45, 2.75) is 25.8 Å². The zero-order valence-electron chi connectivity index (χ0n) is 13.0. The predicted molar refractivity (Wildman–Crippen MR) is 79.8 cm³/mol. The molecule has 112 valence electrons. The average molecular weight is 279 g/mol. The Kier molecular flexibility index (Phi) is 4.76. The number of benzene rings is 1. The fourth-order valence-corrected chi connectivity index (χ4v) is 2.97. The summed E-state index contributed by atoms with van der Waals surface area (Å²) >= 11 is 0. The van der Waals surface area contributed by atoms with E-state index in [4.69, 9.17) is 14.2 Å². The minimum atomic E-state index is 0.261. The minimum Gasteiger partial charge on any atom is -0.493 e. The van der Waals surface area contributed by atoms with Crippen LogP contribution in [0.1, 0.15) is 31.4 Å². The Bertz CT molecular complexity index is 457. The van der Waals surface area contributed by atoms with Gasteiger partial charge in [0.1, 0.15) is 0 Å². The molecule has 0 radical (unpaired) electrons. The van der Waals surface area contributed by atoms with E-state index in [9.17, 15) is 0 Å². The van der Waals surface area contributed by atoms with Crippen molar-refractivity contribution in [3.05, 3.63) is 17.7 Å². The molecule has 0 heterocycles. The molecule has 0 spiro atoms. The Morgan fingerprint density at radius 1 is 1.05 bits per heavy atom. The summed E-state index contributed by atoms with van der Waals surface area (Å²) in [6.07, 6.45) is 2.66. The molecular weight excluding hydrogens is 254 g/mol. The van der Waals surface area contributed by atoms with Crippen LogP contribution >= 0.6 is 0 Å². The highest BCUT2D eigenvalue weighted by Gasteiger charge is 2.35. The average Bonchev–Trinajstić information content (AvgIpc) is 3.31. The lowest BCUT2D eigenvalue weighted by Crippen LogP contribution is -2.25. The first-order chi connectivity index (χ1) is 9.67. The summed E-state index contributed by atoms with van der Waals surface area (Å²) < 4.78 is 16.4. The van der Waals surface area contributed by atoms with Crippen LogP contribution in [-0.4, -0.2) is 28.4 Å². The SMILES string of the molecule is CNC(c1ccc(OC)c(OC)c1OC)C(C)C1CC1. The van der Waals surface area contributed by atoms with Gasteiger partial charge in [0.05, 0.1) is 21.3 Å². The molecule has 0 saturated heterocycles. The van der Waals surface area contributed by atoms with Gasteiger partial charge in [-0.25, -0.2) is 0 Å². The molecule has 4 nitrogen and oxygen atoms in total. The maximum Gasteiger partial charge on any atom is 0.203 e. The van der Waals surface area contributed by atoms with Crippen LogP contribution in [0.4, 0.5) is 0 Å². The molecule has 1 aliphatic carbocycles. The first-order valence-electron chi connectivity index (χ1n) is 7.14. The highest BCUT2D eigenvalue weighted by atomic mass is 16.5. The van der Waals surface area contributed by atoms with Gasteiger partial charge >= 0.3 is 0 Å². The smallest absolute Gasteiger partial charge is 0.203 e. The third-order valence-corrected chi connectivity index (χ3v) is 4.27. The van der Waals surface area contributed by atoms with Crippen molar-refractivity contribution >= 4 is 0 Å². The third kappa shape index (κ3) is 2.70. The van der Waals surface area contributed by atoms with Crippen LogP contribution in [0.2, 0.25) is 0 Å². The van der Waals surface area contributed by atoms with E-state index < -0.39 is 0 Å². The second-order valence-electron chi connectivity index (χ2n) is 5.39. The molecule has 4 heteroatoms. The number of hydrogen-bond donors (Lipinski definition) is 1. The van der Waals surface area contributed by atoms with Crippen LogP contribution < -0.4 is 19.5 Å². The van der Waals surface area contributed by atoms with Crippen molar-refractivity contribution in [1.82, 2.24) is 5.32 Å². The van der Waals surface area contributed by atoms with E-state index in [2.05, 4.69) is 18.3 Å². The van der Waals surface area contributed by atoms with Crippen LogP contribution in [-0.2, 0) is 0 Å². The minimum absolute atomic E-state index is 0.261. The van der Waals surface area contributed by atoms with Crippen molar-refractivity contribution < 1.29 is 14.2 Å². The van der Waals surface area contributed by atoms with Gasteiger partial charge in [0, 0.05) is 11.6 Å².